The quantitative estimate of drug-likeness (QED) is 0.669. The van der Waals surface area contributed by atoms with E-state index in [1.807, 2.05) is 0 Å². The fourth-order valence-electron chi connectivity index (χ4n) is 1.43. The van der Waals surface area contributed by atoms with Crippen LogP contribution in [0.3, 0.4) is 0 Å². The monoisotopic (exact) mass is 184 g/mol. The molecule has 1 saturated carbocycles. The van der Waals surface area contributed by atoms with E-state index in [9.17, 15) is 4.79 Å². The summed E-state index contributed by atoms with van der Waals surface area (Å²) in [5.74, 6) is 0.207. The third kappa shape index (κ3) is 9.12. The molecule has 0 amide bonds. The molecule has 0 saturated heterocycles. The molecular formula is C11H20O2. The lowest BCUT2D eigenvalue weighted by Crippen LogP contribution is -1.99. The fraction of sp³-hybridized carbons (Fsp3) is 0.727. The number of hydrogen-bond acceptors (Lipinski definition) is 1. The molecule has 0 spiro atoms. The predicted octanol–water partition coefficient (Wildman–Crippen LogP) is 3.23. The van der Waals surface area contributed by atoms with Crippen molar-refractivity contribution < 1.29 is 9.90 Å². The van der Waals surface area contributed by atoms with Crippen molar-refractivity contribution in [2.24, 2.45) is 5.92 Å². The topological polar surface area (TPSA) is 37.3 Å². The summed E-state index contributed by atoms with van der Waals surface area (Å²) in [6.45, 7) is 5.58. The van der Waals surface area contributed by atoms with Gasteiger partial charge in [-0.05, 0) is 5.92 Å². The predicted molar refractivity (Wildman–Crippen MR) is 54.7 cm³/mol. The zero-order valence-corrected chi connectivity index (χ0v) is 8.46. The molecule has 1 N–H and O–H groups in total. The van der Waals surface area contributed by atoms with Gasteiger partial charge in [0.25, 0.3) is 0 Å². The van der Waals surface area contributed by atoms with Gasteiger partial charge in [0.1, 0.15) is 0 Å². The number of carbonyl (C=O) groups is 1. The van der Waals surface area contributed by atoms with Crippen LogP contribution >= 0.6 is 0 Å². The normalized spacial score (nSPS) is 17.0. The molecule has 0 radical (unpaired) electrons. The summed E-state index contributed by atoms with van der Waals surface area (Å²) < 4.78 is 0. The van der Waals surface area contributed by atoms with Crippen molar-refractivity contribution in [1.29, 1.82) is 0 Å². The number of hydrogen-bond donors (Lipinski definition) is 1. The van der Waals surface area contributed by atoms with E-state index < -0.39 is 5.97 Å². The summed E-state index contributed by atoms with van der Waals surface area (Å²) in [5, 5.41) is 7.84. The highest BCUT2D eigenvalue weighted by molar-refractivity contribution is 5.68. The zero-order valence-electron chi connectivity index (χ0n) is 8.46. The third-order valence-electron chi connectivity index (χ3n) is 2.21. The first-order valence-electron chi connectivity index (χ1n) is 4.99. The van der Waals surface area contributed by atoms with Gasteiger partial charge in [0, 0.05) is 0 Å². The second-order valence-corrected chi connectivity index (χ2v) is 3.63. The molecule has 0 heterocycles. The summed E-state index contributed by atoms with van der Waals surface area (Å²) in [6.07, 6.45) is 8.84. The van der Waals surface area contributed by atoms with Crippen molar-refractivity contribution in [2.45, 2.75) is 45.4 Å². The lowest BCUT2D eigenvalue weighted by molar-refractivity contribution is -0.135. The Morgan fingerprint density at radius 1 is 1.46 bits per heavy atom. The van der Waals surface area contributed by atoms with Crippen molar-refractivity contribution in [2.75, 3.05) is 0 Å². The molecule has 0 atom stereocenters. The van der Waals surface area contributed by atoms with Gasteiger partial charge in [-0.3, -0.25) is 4.79 Å². The molecule has 0 aromatic rings. The maximum absolute atomic E-state index is 9.53. The van der Waals surface area contributed by atoms with Crippen LogP contribution in [0.4, 0.5) is 0 Å². The van der Waals surface area contributed by atoms with Crippen molar-refractivity contribution >= 4 is 5.97 Å². The van der Waals surface area contributed by atoms with E-state index in [0.29, 0.717) is 0 Å². The van der Waals surface area contributed by atoms with Gasteiger partial charge < -0.3 is 5.11 Å². The Kier molecular flexibility index (Phi) is 7.36. The maximum Gasteiger partial charge on any atom is 0.307 e. The van der Waals surface area contributed by atoms with Crippen LogP contribution in [0, 0.1) is 5.92 Å². The lowest BCUT2D eigenvalue weighted by atomic mass is 9.91. The molecule has 0 aromatic carbocycles. The van der Waals surface area contributed by atoms with Crippen LogP contribution in [0.2, 0.25) is 0 Å². The standard InChI is InChI=1S/C7H14.C4H6O2/c1-7-5-3-2-4-6-7;1-2-3-4(5)6/h7H,2-6H2,1H3;2H,1,3H2,(H,5,6). The molecule has 0 bridgehead atoms. The van der Waals surface area contributed by atoms with Crippen LogP contribution in [0.5, 0.6) is 0 Å². The molecule has 2 heteroatoms. The van der Waals surface area contributed by atoms with E-state index >= 15 is 0 Å². The average Bonchev–Trinajstić information content (AvgIpc) is 2.06. The Balaban J connectivity index is 0.000000226. The van der Waals surface area contributed by atoms with Crippen LogP contribution in [-0.4, -0.2) is 11.1 Å². The van der Waals surface area contributed by atoms with Gasteiger partial charge in [0.05, 0.1) is 6.42 Å². The first-order chi connectivity index (χ1) is 6.16. The van der Waals surface area contributed by atoms with Gasteiger partial charge in [-0.2, -0.15) is 0 Å². The van der Waals surface area contributed by atoms with E-state index in [2.05, 4.69) is 13.5 Å². The highest BCUT2D eigenvalue weighted by Gasteiger charge is 2.05. The van der Waals surface area contributed by atoms with Crippen molar-refractivity contribution in [3.05, 3.63) is 12.7 Å². The zero-order chi connectivity index (χ0) is 10.1. The Hall–Kier alpha value is -0.790. The van der Waals surface area contributed by atoms with E-state index in [-0.39, 0.29) is 6.42 Å². The molecule has 76 valence electrons. The number of carboxylic acid groups (broad SMARTS) is 1. The minimum Gasteiger partial charge on any atom is -0.481 e. The van der Waals surface area contributed by atoms with E-state index in [1.54, 1.807) is 0 Å². The summed E-state index contributed by atoms with van der Waals surface area (Å²) in [4.78, 5) is 9.53. The van der Waals surface area contributed by atoms with E-state index in [4.69, 9.17) is 5.11 Å². The molecule has 1 rings (SSSR count). The lowest BCUT2D eigenvalue weighted by Gasteiger charge is -2.15. The van der Waals surface area contributed by atoms with Gasteiger partial charge >= 0.3 is 5.97 Å². The van der Waals surface area contributed by atoms with Gasteiger partial charge in [0.15, 0.2) is 0 Å². The van der Waals surface area contributed by atoms with Crippen molar-refractivity contribution in [3.63, 3.8) is 0 Å². The fourth-order valence-corrected chi connectivity index (χ4v) is 1.43. The maximum atomic E-state index is 9.53. The summed E-state index contributed by atoms with van der Waals surface area (Å²) in [5.41, 5.74) is 0. The molecule has 0 aromatic heterocycles. The van der Waals surface area contributed by atoms with E-state index in [0.717, 1.165) is 5.92 Å². The Labute approximate surface area is 80.7 Å². The van der Waals surface area contributed by atoms with E-state index in [1.165, 1.54) is 38.2 Å². The van der Waals surface area contributed by atoms with Gasteiger partial charge in [-0.25, -0.2) is 0 Å². The van der Waals surface area contributed by atoms with Gasteiger partial charge in [-0.15, -0.1) is 6.58 Å². The number of carboxylic acids is 1. The van der Waals surface area contributed by atoms with Crippen LogP contribution in [0.15, 0.2) is 12.7 Å². The second kappa shape index (κ2) is 7.84. The highest BCUT2D eigenvalue weighted by Crippen LogP contribution is 2.21. The SMILES string of the molecule is C=CCC(=O)O.CC1CCCCC1. The van der Waals surface area contributed by atoms with Crippen LogP contribution in [-0.2, 0) is 4.79 Å². The first-order valence-corrected chi connectivity index (χ1v) is 4.99. The van der Waals surface area contributed by atoms with Crippen LogP contribution in [0.1, 0.15) is 45.4 Å². The smallest absolute Gasteiger partial charge is 0.307 e. The summed E-state index contributed by atoms with van der Waals surface area (Å²) in [6, 6.07) is 0. The number of rotatable bonds is 2. The van der Waals surface area contributed by atoms with Gasteiger partial charge in [0.2, 0.25) is 0 Å². The molecule has 1 aliphatic rings. The Morgan fingerprint density at radius 3 is 2.15 bits per heavy atom. The molecule has 2 nitrogen and oxygen atoms in total. The largest absolute Gasteiger partial charge is 0.481 e. The molecule has 0 unspecified atom stereocenters. The van der Waals surface area contributed by atoms with Crippen molar-refractivity contribution in [3.8, 4) is 0 Å². The molecule has 1 fully saturated rings. The summed E-state index contributed by atoms with van der Waals surface area (Å²) >= 11 is 0. The first kappa shape index (κ1) is 12.2. The minimum absolute atomic E-state index is 0.0556. The molecular weight excluding hydrogens is 164 g/mol. The second-order valence-electron chi connectivity index (χ2n) is 3.63. The van der Waals surface area contributed by atoms with Gasteiger partial charge in [-0.1, -0.05) is 45.1 Å². The third-order valence-corrected chi connectivity index (χ3v) is 2.21. The Bertz CT molecular complexity index is 146. The summed E-state index contributed by atoms with van der Waals surface area (Å²) in [7, 11) is 0. The average molecular weight is 184 g/mol. The molecule has 1 aliphatic carbocycles. The molecule has 13 heavy (non-hydrogen) atoms. The minimum atomic E-state index is -0.829. The van der Waals surface area contributed by atoms with Crippen LogP contribution < -0.4 is 0 Å². The number of aliphatic carboxylic acids is 1. The Morgan fingerprint density at radius 2 is 2.00 bits per heavy atom. The highest BCUT2D eigenvalue weighted by atomic mass is 16.4. The molecule has 0 aliphatic heterocycles. The van der Waals surface area contributed by atoms with Crippen molar-refractivity contribution in [1.82, 2.24) is 0 Å². The van der Waals surface area contributed by atoms with Crippen LogP contribution in [0.25, 0.3) is 0 Å².